The van der Waals surface area contributed by atoms with Crippen LogP contribution < -0.4 is 0 Å². The van der Waals surface area contributed by atoms with Crippen LogP contribution in [0.25, 0.3) is 0 Å². The van der Waals surface area contributed by atoms with E-state index < -0.39 is 11.4 Å². The van der Waals surface area contributed by atoms with Gasteiger partial charge in [-0.05, 0) is 24.5 Å². The molecule has 0 spiro atoms. The minimum atomic E-state index is -0.670. The van der Waals surface area contributed by atoms with Gasteiger partial charge in [0.05, 0.1) is 5.41 Å². The van der Waals surface area contributed by atoms with E-state index in [2.05, 4.69) is 4.98 Å². The molecule has 0 bridgehead atoms. The average Bonchev–Trinajstić information content (AvgIpc) is 2.72. The summed E-state index contributed by atoms with van der Waals surface area (Å²) >= 11 is 0. The van der Waals surface area contributed by atoms with Crippen molar-refractivity contribution >= 4 is 5.97 Å². The van der Waals surface area contributed by atoms with Crippen molar-refractivity contribution in [3.05, 3.63) is 24.0 Å². The molecule has 2 N–H and O–H groups in total. The van der Waals surface area contributed by atoms with Crippen LogP contribution in [0, 0.1) is 0 Å². The Hall–Kier alpha value is -1.25. The van der Waals surface area contributed by atoms with Crippen molar-refractivity contribution < 1.29 is 9.90 Å². The molecule has 1 aromatic heterocycles. The Balaban J connectivity index is 2.35. The Morgan fingerprint density at radius 3 is 2.57 bits per heavy atom. The fourth-order valence-corrected chi connectivity index (χ4v) is 2.40. The monoisotopic (exact) mass is 193 g/mol. The molecule has 14 heavy (non-hydrogen) atoms. The molecule has 1 heterocycles. The molecule has 1 aromatic rings. The summed E-state index contributed by atoms with van der Waals surface area (Å²) < 4.78 is 0. The molecule has 0 aliphatic heterocycles. The van der Waals surface area contributed by atoms with Gasteiger partial charge < -0.3 is 10.1 Å². The summed E-state index contributed by atoms with van der Waals surface area (Å²) in [4.78, 5) is 14.3. The number of rotatable bonds is 2. The Labute approximate surface area is 83.1 Å². The third kappa shape index (κ3) is 1.33. The van der Waals surface area contributed by atoms with Gasteiger partial charge in [0.25, 0.3) is 0 Å². The lowest BCUT2D eigenvalue weighted by Gasteiger charge is -2.32. The van der Waals surface area contributed by atoms with Gasteiger partial charge in [0.1, 0.15) is 0 Å². The van der Waals surface area contributed by atoms with Crippen LogP contribution in [0.2, 0.25) is 0 Å². The molecular formula is C11H15NO2. The molecule has 0 aromatic carbocycles. The predicted molar refractivity (Wildman–Crippen MR) is 53.2 cm³/mol. The molecule has 0 unspecified atom stereocenters. The average molecular weight is 193 g/mol. The number of aromatic nitrogens is 1. The van der Waals surface area contributed by atoms with E-state index in [-0.39, 0.29) is 0 Å². The Kier molecular flexibility index (Phi) is 2.32. The van der Waals surface area contributed by atoms with E-state index in [1.807, 2.05) is 12.3 Å². The topological polar surface area (TPSA) is 53.1 Å². The first-order valence-corrected chi connectivity index (χ1v) is 5.12. The summed E-state index contributed by atoms with van der Waals surface area (Å²) in [6.07, 6.45) is 8.39. The number of carboxylic acids is 1. The lowest BCUT2D eigenvalue weighted by atomic mass is 9.70. The summed E-state index contributed by atoms with van der Waals surface area (Å²) in [7, 11) is 0. The van der Waals surface area contributed by atoms with Crippen LogP contribution >= 0.6 is 0 Å². The molecule has 2 rings (SSSR count). The lowest BCUT2D eigenvalue weighted by molar-refractivity contribution is -0.145. The molecule has 0 radical (unpaired) electrons. The molecule has 76 valence electrons. The second-order valence-electron chi connectivity index (χ2n) is 4.05. The maximum absolute atomic E-state index is 11.4. The standard InChI is InChI=1S/C11H15NO2/c13-10(14)11(5-2-1-3-6-11)9-4-7-12-8-9/h4,7-8,12H,1-3,5-6H2,(H,13,14). The highest BCUT2D eigenvalue weighted by Gasteiger charge is 2.41. The van der Waals surface area contributed by atoms with E-state index in [1.165, 1.54) is 6.42 Å². The van der Waals surface area contributed by atoms with E-state index in [4.69, 9.17) is 0 Å². The Morgan fingerprint density at radius 2 is 2.07 bits per heavy atom. The highest BCUT2D eigenvalue weighted by molar-refractivity contribution is 5.81. The second kappa shape index (κ2) is 3.48. The molecule has 1 saturated carbocycles. The van der Waals surface area contributed by atoms with Crippen LogP contribution in [-0.4, -0.2) is 16.1 Å². The number of carbonyl (C=O) groups is 1. The minimum Gasteiger partial charge on any atom is -0.481 e. The first kappa shape index (κ1) is 9.31. The van der Waals surface area contributed by atoms with Crippen LogP contribution in [0.15, 0.2) is 18.5 Å². The summed E-state index contributed by atoms with van der Waals surface area (Å²) in [6, 6.07) is 1.89. The van der Waals surface area contributed by atoms with Crippen LogP contribution in [0.5, 0.6) is 0 Å². The minimum absolute atomic E-state index is 0.613. The fraction of sp³-hybridized carbons (Fsp3) is 0.545. The van der Waals surface area contributed by atoms with Crippen LogP contribution in [-0.2, 0) is 10.2 Å². The molecule has 3 heteroatoms. The predicted octanol–water partition coefficient (Wildman–Crippen LogP) is 2.30. The SMILES string of the molecule is O=C(O)C1(c2cc[nH]c2)CCCCC1. The zero-order valence-electron chi connectivity index (χ0n) is 8.12. The van der Waals surface area contributed by atoms with E-state index in [0.717, 1.165) is 31.2 Å². The summed E-state index contributed by atoms with van der Waals surface area (Å²) in [5.74, 6) is -0.670. The van der Waals surface area contributed by atoms with Gasteiger partial charge in [0.2, 0.25) is 0 Å². The van der Waals surface area contributed by atoms with Gasteiger partial charge in [-0.25, -0.2) is 0 Å². The van der Waals surface area contributed by atoms with Crippen molar-refractivity contribution in [1.82, 2.24) is 4.98 Å². The van der Waals surface area contributed by atoms with Crippen molar-refractivity contribution in [2.45, 2.75) is 37.5 Å². The zero-order chi connectivity index (χ0) is 10.0. The highest BCUT2D eigenvalue weighted by atomic mass is 16.4. The number of nitrogens with one attached hydrogen (secondary N) is 1. The maximum Gasteiger partial charge on any atom is 0.314 e. The first-order chi connectivity index (χ1) is 6.76. The molecular weight excluding hydrogens is 178 g/mol. The largest absolute Gasteiger partial charge is 0.481 e. The highest BCUT2D eigenvalue weighted by Crippen LogP contribution is 2.39. The van der Waals surface area contributed by atoms with E-state index in [0.29, 0.717) is 0 Å². The smallest absolute Gasteiger partial charge is 0.314 e. The normalized spacial score (nSPS) is 20.6. The van der Waals surface area contributed by atoms with Crippen molar-refractivity contribution in [3.8, 4) is 0 Å². The second-order valence-corrected chi connectivity index (χ2v) is 4.05. The molecule has 1 aliphatic rings. The van der Waals surface area contributed by atoms with E-state index in [1.54, 1.807) is 6.20 Å². The number of carboxylic acid groups (broad SMARTS) is 1. The Morgan fingerprint density at radius 1 is 1.36 bits per heavy atom. The Bertz CT molecular complexity index is 310. The molecule has 0 saturated heterocycles. The quantitative estimate of drug-likeness (QED) is 0.757. The molecule has 0 amide bonds. The van der Waals surface area contributed by atoms with Crippen molar-refractivity contribution in [2.24, 2.45) is 0 Å². The summed E-state index contributed by atoms with van der Waals surface area (Å²) in [5, 5.41) is 9.35. The number of aliphatic carboxylic acids is 1. The number of aromatic amines is 1. The van der Waals surface area contributed by atoms with Gasteiger partial charge in [-0.1, -0.05) is 19.3 Å². The third-order valence-corrected chi connectivity index (χ3v) is 3.27. The number of H-pyrrole nitrogens is 1. The van der Waals surface area contributed by atoms with Crippen LogP contribution in [0.1, 0.15) is 37.7 Å². The maximum atomic E-state index is 11.4. The zero-order valence-corrected chi connectivity index (χ0v) is 8.12. The molecule has 1 fully saturated rings. The molecule has 0 atom stereocenters. The van der Waals surface area contributed by atoms with Gasteiger partial charge in [-0.3, -0.25) is 4.79 Å². The fourth-order valence-electron chi connectivity index (χ4n) is 2.40. The van der Waals surface area contributed by atoms with Gasteiger partial charge >= 0.3 is 5.97 Å². The van der Waals surface area contributed by atoms with Gasteiger partial charge in [0, 0.05) is 12.4 Å². The summed E-state index contributed by atoms with van der Waals surface area (Å²) in [6.45, 7) is 0. The van der Waals surface area contributed by atoms with Crippen molar-refractivity contribution in [2.75, 3.05) is 0 Å². The number of hydrogen-bond donors (Lipinski definition) is 2. The van der Waals surface area contributed by atoms with Crippen LogP contribution in [0.3, 0.4) is 0 Å². The summed E-state index contributed by atoms with van der Waals surface area (Å²) in [5.41, 5.74) is 0.322. The first-order valence-electron chi connectivity index (χ1n) is 5.12. The third-order valence-electron chi connectivity index (χ3n) is 3.27. The van der Waals surface area contributed by atoms with Crippen molar-refractivity contribution in [1.29, 1.82) is 0 Å². The van der Waals surface area contributed by atoms with E-state index >= 15 is 0 Å². The van der Waals surface area contributed by atoms with Gasteiger partial charge in [-0.15, -0.1) is 0 Å². The van der Waals surface area contributed by atoms with Gasteiger partial charge in [0.15, 0.2) is 0 Å². The van der Waals surface area contributed by atoms with Crippen LogP contribution in [0.4, 0.5) is 0 Å². The van der Waals surface area contributed by atoms with Crippen molar-refractivity contribution in [3.63, 3.8) is 0 Å². The van der Waals surface area contributed by atoms with Gasteiger partial charge in [-0.2, -0.15) is 0 Å². The molecule has 3 nitrogen and oxygen atoms in total. The van der Waals surface area contributed by atoms with E-state index in [9.17, 15) is 9.90 Å². The molecule has 1 aliphatic carbocycles. The lowest BCUT2D eigenvalue weighted by Crippen LogP contribution is -2.37. The number of hydrogen-bond acceptors (Lipinski definition) is 1.